The minimum Gasteiger partial charge on any atom is -0.324 e. The molecule has 0 unspecified atom stereocenters. The molecule has 1 N–H and O–H groups in total. The first-order valence-corrected chi connectivity index (χ1v) is 7.41. The Bertz CT molecular complexity index is 835. The van der Waals surface area contributed by atoms with E-state index < -0.39 is 0 Å². The molecule has 2 aromatic carbocycles. The first kappa shape index (κ1) is 15.4. The Morgan fingerprint density at radius 1 is 0.826 bits per heavy atom. The lowest BCUT2D eigenvalue weighted by molar-refractivity contribution is 0.103. The molecule has 0 aliphatic carbocycles. The van der Waals surface area contributed by atoms with Gasteiger partial charge in [0, 0.05) is 16.8 Å². The van der Waals surface area contributed by atoms with E-state index in [1.54, 1.807) is 36.4 Å². The number of hydrogen-bond acceptors (Lipinski definition) is 5. The number of nitrogens with one attached hydrogen (secondary N) is 1. The molecule has 23 heavy (non-hydrogen) atoms. The molecule has 1 aromatic heterocycles. The Labute approximate surface area is 142 Å². The van der Waals surface area contributed by atoms with E-state index in [1.807, 2.05) is 18.2 Å². The van der Waals surface area contributed by atoms with Crippen LogP contribution in [0.25, 0.3) is 0 Å². The fourth-order valence-electron chi connectivity index (χ4n) is 2.01. The van der Waals surface area contributed by atoms with Gasteiger partial charge < -0.3 is 5.32 Å². The molecule has 0 aliphatic heterocycles. The predicted octanol–water partition coefficient (Wildman–Crippen LogP) is 4.15. The van der Waals surface area contributed by atoms with Gasteiger partial charge in [0.15, 0.2) is 5.78 Å². The van der Waals surface area contributed by atoms with Crippen LogP contribution in [0.1, 0.15) is 15.9 Å². The highest BCUT2D eigenvalue weighted by Gasteiger charge is 2.10. The van der Waals surface area contributed by atoms with Crippen molar-refractivity contribution in [2.24, 2.45) is 0 Å². The van der Waals surface area contributed by atoms with E-state index in [2.05, 4.69) is 20.3 Å². The van der Waals surface area contributed by atoms with Crippen LogP contribution in [0.2, 0.25) is 10.6 Å². The normalized spacial score (nSPS) is 10.3. The van der Waals surface area contributed by atoms with E-state index in [4.69, 9.17) is 23.2 Å². The number of hydrogen-bond donors (Lipinski definition) is 1. The number of benzene rings is 2. The fraction of sp³-hybridized carbons (Fsp3) is 0. The highest BCUT2D eigenvalue weighted by Crippen LogP contribution is 2.19. The maximum atomic E-state index is 12.4. The standard InChI is InChI=1S/C16H10Cl2N4O/c17-14-20-15(18)22-16(21-14)19-12-8-4-7-11(9-12)13(23)10-5-2-1-3-6-10/h1-9H,(H,19,20,21,22). The lowest BCUT2D eigenvalue weighted by atomic mass is 10.0. The largest absolute Gasteiger partial charge is 0.324 e. The summed E-state index contributed by atoms with van der Waals surface area (Å²) in [6, 6.07) is 16.1. The van der Waals surface area contributed by atoms with Gasteiger partial charge in [-0.05, 0) is 35.3 Å². The second kappa shape index (κ2) is 6.73. The van der Waals surface area contributed by atoms with Gasteiger partial charge in [-0.2, -0.15) is 15.0 Å². The third-order valence-corrected chi connectivity index (χ3v) is 3.34. The van der Waals surface area contributed by atoms with Gasteiger partial charge in [-0.25, -0.2) is 0 Å². The molecule has 0 spiro atoms. The van der Waals surface area contributed by atoms with Crippen LogP contribution in [0, 0.1) is 0 Å². The number of aromatic nitrogens is 3. The summed E-state index contributed by atoms with van der Waals surface area (Å²) < 4.78 is 0. The van der Waals surface area contributed by atoms with Crippen molar-refractivity contribution in [1.29, 1.82) is 0 Å². The summed E-state index contributed by atoms with van der Waals surface area (Å²) in [6.45, 7) is 0. The lowest BCUT2D eigenvalue weighted by Crippen LogP contribution is -2.03. The average Bonchev–Trinajstić information content (AvgIpc) is 2.54. The first-order chi connectivity index (χ1) is 11.1. The molecule has 0 saturated heterocycles. The van der Waals surface area contributed by atoms with Crippen LogP contribution in [0.4, 0.5) is 11.6 Å². The van der Waals surface area contributed by atoms with Crippen molar-refractivity contribution in [3.63, 3.8) is 0 Å². The third-order valence-electron chi connectivity index (χ3n) is 3.00. The van der Waals surface area contributed by atoms with Gasteiger partial charge in [0.1, 0.15) is 0 Å². The van der Waals surface area contributed by atoms with Crippen LogP contribution in [-0.4, -0.2) is 20.7 Å². The van der Waals surface area contributed by atoms with Gasteiger partial charge >= 0.3 is 0 Å². The number of ketones is 1. The summed E-state index contributed by atoms with van der Waals surface area (Å²) in [5.41, 5.74) is 1.81. The van der Waals surface area contributed by atoms with Crippen molar-refractivity contribution in [3.05, 3.63) is 76.3 Å². The molecule has 0 radical (unpaired) electrons. The first-order valence-electron chi connectivity index (χ1n) is 6.66. The number of carbonyl (C=O) groups is 1. The second-order valence-corrected chi connectivity index (χ2v) is 5.27. The minimum atomic E-state index is -0.0686. The van der Waals surface area contributed by atoms with Crippen LogP contribution >= 0.6 is 23.2 Å². The number of halogens is 2. The lowest BCUT2D eigenvalue weighted by Gasteiger charge is -2.07. The third kappa shape index (κ3) is 3.83. The Kier molecular flexibility index (Phi) is 4.50. The second-order valence-electron chi connectivity index (χ2n) is 4.60. The topological polar surface area (TPSA) is 67.8 Å². The summed E-state index contributed by atoms with van der Waals surface area (Å²) in [5.74, 6) is 0.139. The highest BCUT2D eigenvalue weighted by molar-refractivity contribution is 6.31. The summed E-state index contributed by atoms with van der Waals surface area (Å²) in [4.78, 5) is 24.0. The molecular weight excluding hydrogens is 335 g/mol. The molecule has 0 saturated carbocycles. The molecule has 3 rings (SSSR count). The van der Waals surface area contributed by atoms with E-state index >= 15 is 0 Å². The number of rotatable bonds is 4. The van der Waals surface area contributed by atoms with Crippen LogP contribution in [0.15, 0.2) is 54.6 Å². The zero-order valence-corrected chi connectivity index (χ0v) is 13.2. The smallest absolute Gasteiger partial charge is 0.232 e. The minimum absolute atomic E-state index is 0.0102. The zero-order valence-electron chi connectivity index (χ0n) is 11.7. The molecule has 114 valence electrons. The van der Waals surface area contributed by atoms with Gasteiger partial charge in [0.05, 0.1) is 0 Å². The number of anilines is 2. The van der Waals surface area contributed by atoms with Gasteiger partial charge in [-0.15, -0.1) is 0 Å². The van der Waals surface area contributed by atoms with Gasteiger partial charge in [-0.3, -0.25) is 4.79 Å². The molecular formula is C16H10Cl2N4O. The van der Waals surface area contributed by atoms with E-state index in [0.29, 0.717) is 16.8 Å². The molecule has 0 fully saturated rings. The molecule has 1 heterocycles. The Balaban J connectivity index is 1.87. The van der Waals surface area contributed by atoms with Gasteiger partial charge in [0.2, 0.25) is 16.5 Å². The van der Waals surface area contributed by atoms with Gasteiger partial charge in [0.25, 0.3) is 0 Å². The summed E-state index contributed by atoms with van der Waals surface area (Å²) >= 11 is 11.5. The van der Waals surface area contributed by atoms with E-state index in [-0.39, 0.29) is 22.3 Å². The number of carbonyl (C=O) groups excluding carboxylic acids is 1. The van der Waals surface area contributed by atoms with Crippen LogP contribution in [0.3, 0.4) is 0 Å². The summed E-state index contributed by atoms with van der Waals surface area (Å²) in [6.07, 6.45) is 0. The predicted molar refractivity (Wildman–Crippen MR) is 89.4 cm³/mol. The van der Waals surface area contributed by atoms with E-state index in [0.717, 1.165) is 0 Å². The quantitative estimate of drug-likeness (QED) is 0.720. The van der Waals surface area contributed by atoms with Crippen molar-refractivity contribution in [1.82, 2.24) is 15.0 Å². The Morgan fingerprint density at radius 3 is 2.17 bits per heavy atom. The highest BCUT2D eigenvalue weighted by atomic mass is 35.5. The van der Waals surface area contributed by atoms with Crippen molar-refractivity contribution in [3.8, 4) is 0 Å². The zero-order chi connectivity index (χ0) is 16.2. The van der Waals surface area contributed by atoms with Crippen LogP contribution in [0.5, 0.6) is 0 Å². The van der Waals surface area contributed by atoms with Crippen molar-refractivity contribution in [2.45, 2.75) is 0 Å². The molecule has 3 aromatic rings. The Morgan fingerprint density at radius 2 is 1.48 bits per heavy atom. The SMILES string of the molecule is O=C(c1ccccc1)c1cccc(Nc2nc(Cl)nc(Cl)n2)c1. The van der Waals surface area contributed by atoms with Crippen molar-refractivity contribution < 1.29 is 4.79 Å². The molecule has 0 aliphatic rings. The van der Waals surface area contributed by atoms with Gasteiger partial charge in [-0.1, -0.05) is 42.5 Å². The molecule has 7 heteroatoms. The Hall–Kier alpha value is -2.50. The summed E-state index contributed by atoms with van der Waals surface area (Å²) in [7, 11) is 0. The van der Waals surface area contributed by atoms with Crippen molar-refractivity contribution >= 4 is 40.6 Å². The average molecular weight is 345 g/mol. The maximum absolute atomic E-state index is 12.4. The molecule has 0 atom stereocenters. The molecule has 5 nitrogen and oxygen atoms in total. The van der Waals surface area contributed by atoms with Crippen molar-refractivity contribution in [2.75, 3.05) is 5.32 Å². The van der Waals surface area contributed by atoms with Crippen LogP contribution < -0.4 is 5.32 Å². The van der Waals surface area contributed by atoms with E-state index in [1.165, 1.54) is 0 Å². The molecule has 0 amide bonds. The number of nitrogens with zero attached hydrogens (tertiary/aromatic N) is 3. The van der Waals surface area contributed by atoms with Crippen LogP contribution in [-0.2, 0) is 0 Å². The van der Waals surface area contributed by atoms with E-state index in [9.17, 15) is 4.79 Å². The fourth-order valence-corrected chi connectivity index (χ4v) is 2.37. The summed E-state index contributed by atoms with van der Waals surface area (Å²) in [5, 5.41) is 2.93. The maximum Gasteiger partial charge on any atom is 0.232 e. The molecule has 0 bridgehead atoms. The monoisotopic (exact) mass is 344 g/mol.